The number of aromatic nitrogens is 2. The Kier molecular flexibility index (Phi) is 4.38. The molecule has 1 aliphatic rings. The molecule has 1 aliphatic heterocycles. The molecule has 0 bridgehead atoms. The summed E-state index contributed by atoms with van der Waals surface area (Å²) in [7, 11) is 0. The first-order valence-corrected chi connectivity index (χ1v) is 9.43. The fourth-order valence-corrected chi connectivity index (χ4v) is 3.73. The standard InChI is InChI=1S/C23H23N3O2/c1-13-5-8-17(9-6-13)22(28)19-12-20(27)24-23-21(19)16(4)25-26(23)18-10-7-14(2)15(3)11-18/h5-11,19H,12H2,1-4H3,(H,24,27)/t19-/m1/s1. The molecule has 5 heteroatoms. The molecule has 1 amide bonds. The van der Waals surface area contributed by atoms with Crippen LogP contribution in [0.5, 0.6) is 0 Å². The van der Waals surface area contributed by atoms with Crippen molar-refractivity contribution in [3.05, 3.63) is 76.0 Å². The van der Waals surface area contributed by atoms with Crippen molar-refractivity contribution >= 4 is 17.5 Å². The van der Waals surface area contributed by atoms with Gasteiger partial charge in [0, 0.05) is 17.5 Å². The van der Waals surface area contributed by atoms with E-state index in [2.05, 4.69) is 17.3 Å². The Morgan fingerprint density at radius 1 is 1.04 bits per heavy atom. The number of Topliss-reactive ketones (excluding diaryl/α,β-unsaturated/α-hetero) is 1. The largest absolute Gasteiger partial charge is 0.310 e. The Labute approximate surface area is 164 Å². The molecule has 0 aliphatic carbocycles. The van der Waals surface area contributed by atoms with Crippen LogP contribution in [0.4, 0.5) is 5.82 Å². The summed E-state index contributed by atoms with van der Waals surface area (Å²) in [6.45, 7) is 7.98. The second-order valence-electron chi connectivity index (χ2n) is 7.56. The smallest absolute Gasteiger partial charge is 0.226 e. The average Bonchev–Trinajstić information content (AvgIpc) is 3.00. The molecule has 2 aromatic carbocycles. The number of fused-ring (bicyclic) bond motifs is 1. The number of aryl methyl sites for hydroxylation is 4. The third kappa shape index (κ3) is 3.03. The van der Waals surface area contributed by atoms with E-state index in [0.29, 0.717) is 11.4 Å². The predicted octanol–water partition coefficient (Wildman–Crippen LogP) is 4.41. The Bertz CT molecular complexity index is 1090. The van der Waals surface area contributed by atoms with Crippen LogP contribution in [0.25, 0.3) is 5.69 Å². The summed E-state index contributed by atoms with van der Waals surface area (Å²) in [5, 5.41) is 7.59. The van der Waals surface area contributed by atoms with Gasteiger partial charge in [0.05, 0.1) is 17.3 Å². The molecular formula is C23H23N3O2. The molecule has 3 aromatic rings. The Balaban J connectivity index is 1.82. The van der Waals surface area contributed by atoms with Crippen LogP contribution in [0, 0.1) is 27.7 Å². The lowest BCUT2D eigenvalue weighted by atomic mass is 9.85. The number of nitrogens with one attached hydrogen (secondary N) is 1. The van der Waals surface area contributed by atoms with Crippen LogP contribution in [-0.4, -0.2) is 21.5 Å². The topological polar surface area (TPSA) is 64.0 Å². The van der Waals surface area contributed by atoms with Crippen LogP contribution in [0.15, 0.2) is 42.5 Å². The monoisotopic (exact) mass is 373 g/mol. The van der Waals surface area contributed by atoms with Crippen LogP contribution in [-0.2, 0) is 4.79 Å². The molecule has 0 saturated heterocycles. The third-order valence-corrected chi connectivity index (χ3v) is 5.49. The van der Waals surface area contributed by atoms with Gasteiger partial charge in [-0.15, -0.1) is 0 Å². The first-order valence-electron chi connectivity index (χ1n) is 9.43. The molecule has 2 heterocycles. The number of rotatable bonds is 3. The van der Waals surface area contributed by atoms with Gasteiger partial charge in [-0.05, 0) is 51.0 Å². The fraction of sp³-hybridized carbons (Fsp3) is 0.261. The van der Waals surface area contributed by atoms with E-state index in [1.54, 1.807) is 4.68 Å². The van der Waals surface area contributed by atoms with E-state index >= 15 is 0 Å². The van der Waals surface area contributed by atoms with Crippen molar-refractivity contribution in [2.75, 3.05) is 5.32 Å². The van der Waals surface area contributed by atoms with Crippen LogP contribution in [0.1, 0.15) is 50.6 Å². The highest BCUT2D eigenvalue weighted by Gasteiger charge is 2.36. The molecule has 0 unspecified atom stereocenters. The molecule has 1 N–H and O–H groups in total. The van der Waals surface area contributed by atoms with Gasteiger partial charge >= 0.3 is 0 Å². The summed E-state index contributed by atoms with van der Waals surface area (Å²) in [6, 6.07) is 13.5. The highest BCUT2D eigenvalue weighted by atomic mass is 16.2. The zero-order valence-electron chi connectivity index (χ0n) is 16.5. The van der Waals surface area contributed by atoms with Crippen molar-refractivity contribution in [2.45, 2.75) is 40.0 Å². The second kappa shape index (κ2) is 6.75. The number of carbonyl (C=O) groups is 2. The molecule has 0 radical (unpaired) electrons. The Morgan fingerprint density at radius 3 is 2.43 bits per heavy atom. The third-order valence-electron chi connectivity index (χ3n) is 5.49. The summed E-state index contributed by atoms with van der Waals surface area (Å²) in [6.07, 6.45) is 0.138. The second-order valence-corrected chi connectivity index (χ2v) is 7.56. The van der Waals surface area contributed by atoms with Crippen molar-refractivity contribution < 1.29 is 9.59 Å². The van der Waals surface area contributed by atoms with Gasteiger partial charge in [-0.3, -0.25) is 9.59 Å². The molecule has 1 atom stereocenters. The van der Waals surface area contributed by atoms with Crippen molar-refractivity contribution in [2.24, 2.45) is 0 Å². The maximum Gasteiger partial charge on any atom is 0.226 e. The first-order chi connectivity index (χ1) is 13.3. The van der Waals surface area contributed by atoms with E-state index in [4.69, 9.17) is 0 Å². The maximum atomic E-state index is 13.2. The van der Waals surface area contributed by atoms with Crippen LogP contribution in [0.2, 0.25) is 0 Å². The lowest BCUT2D eigenvalue weighted by Crippen LogP contribution is -2.28. The molecule has 1 aromatic heterocycles. The number of benzene rings is 2. The van der Waals surface area contributed by atoms with E-state index in [-0.39, 0.29) is 18.1 Å². The Hall–Kier alpha value is -3.21. The van der Waals surface area contributed by atoms with Crippen LogP contribution >= 0.6 is 0 Å². The molecule has 4 rings (SSSR count). The van der Waals surface area contributed by atoms with Crippen LogP contribution in [0.3, 0.4) is 0 Å². The van der Waals surface area contributed by atoms with E-state index in [9.17, 15) is 9.59 Å². The SMILES string of the molecule is Cc1ccc(C(=O)[C@@H]2CC(=O)Nc3c2c(C)nn3-c2ccc(C)c(C)c2)cc1. The number of carbonyl (C=O) groups excluding carboxylic acids is 2. The molecule has 0 spiro atoms. The van der Waals surface area contributed by atoms with Gasteiger partial charge in [0.1, 0.15) is 5.82 Å². The van der Waals surface area contributed by atoms with Gasteiger partial charge in [0.15, 0.2) is 5.78 Å². The number of ketones is 1. The number of hydrogen-bond acceptors (Lipinski definition) is 3. The van der Waals surface area contributed by atoms with E-state index in [1.165, 1.54) is 5.56 Å². The zero-order valence-corrected chi connectivity index (χ0v) is 16.5. The van der Waals surface area contributed by atoms with E-state index in [1.807, 2.05) is 63.2 Å². The summed E-state index contributed by atoms with van der Waals surface area (Å²) in [5.74, 6) is -0.129. The molecule has 0 saturated carbocycles. The highest BCUT2D eigenvalue weighted by Crippen LogP contribution is 2.38. The summed E-state index contributed by atoms with van der Waals surface area (Å²) in [5.41, 5.74) is 6.50. The van der Waals surface area contributed by atoms with E-state index in [0.717, 1.165) is 28.1 Å². The minimum Gasteiger partial charge on any atom is -0.310 e. The molecular weight excluding hydrogens is 350 g/mol. The summed E-state index contributed by atoms with van der Waals surface area (Å²) >= 11 is 0. The van der Waals surface area contributed by atoms with Crippen molar-refractivity contribution in [1.82, 2.24) is 9.78 Å². The van der Waals surface area contributed by atoms with Gasteiger partial charge in [0.25, 0.3) is 0 Å². The minimum atomic E-state index is -0.522. The van der Waals surface area contributed by atoms with Crippen LogP contribution < -0.4 is 5.32 Å². The van der Waals surface area contributed by atoms with Gasteiger partial charge in [-0.1, -0.05) is 35.9 Å². The van der Waals surface area contributed by atoms with E-state index < -0.39 is 5.92 Å². The maximum absolute atomic E-state index is 13.2. The molecule has 5 nitrogen and oxygen atoms in total. The minimum absolute atomic E-state index is 0.0427. The predicted molar refractivity (Wildman–Crippen MR) is 109 cm³/mol. The van der Waals surface area contributed by atoms with Crippen molar-refractivity contribution in [3.63, 3.8) is 0 Å². The van der Waals surface area contributed by atoms with Gasteiger partial charge in [-0.2, -0.15) is 5.10 Å². The number of hydrogen-bond donors (Lipinski definition) is 1. The molecule has 28 heavy (non-hydrogen) atoms. The van der Waals surface area contributed by atoms with Gasteiger partial charge < -0.3 is 5.32 Å². The summed E-state index contributed by atoms with van der Waals surface area (Å²) in [4.78, 5) is 25.6. The number of nitrogens with zero attached hydrogens (tertiary/aromatic N) is 2. The zero-order chi connectivity index (χ0) is 20.0. The van der Waals surface area contributed by atoms with Gasteiger partial charge in [-0.25, -0.2) is 4.68 Å². The normalized spacial score (nSPS) is 15.9. The number of anilines is 1. The number of amides is 1. The Morgan fingerprint density at radius 2 is 1.75 bits per heavy atom. The van der Waals surface area contributed by atoms with Crippen molar-refractivity contribution in [1.29, 1.82) is 0 Å². The lowest BCUT2D eigenvalue weighted by molar-refractivity contribution is -0.116. The first kappa shape index (κ1) is 18.2. The molecule has 0 fully saturated rings. The fourth-order valence-electron chi connectivity index (χ4n) is 3.73. The lowest BCUT2D eigenvalue weighted by Gasteiger charge is -2.23. The highest BCUT2D eigenvalue weighted by molar-refractivity contribution is 6.08. The summed E-state index contributed by atoms with van der Waals surface area (Å²) < 4.78 is 1.74. The van der Waals surface area contributed by atoms with Crippen molar-refractivity contribution in [3.8, 4) is 5.69 Å². The average molecular weight is 373 g/mol. The quantitative estimate of drug-likeness (QED) is 0.692. The molecule has 142 valence electrons. The van der Waals surface area contributed by atoms with Gasteiger partial charge in [0.2, 0.25) is 5.91 Å².